The molecule has 1 aromatic carbocycles. The fraction of sp³-hybridized carbons (Fsp3) is 0.375. The molecule has 31 heavy (non-hydrogen) atoms. The number of nitrogens with one attached hydrogen (secondary N) is 1. The molecule has 160 valence electrons. The minimum absolute atomic E-state index is 0.658. The highest BCUT2D eigenvalue weighted by molar-refractivity contribution is 5.73. The lowest BCUT2D eigenvalue weighted by molar-refractivity contribution is 0.122. The number of hydrogen-bond acceptors (Lipinski definition) is 6. The first kappa shape index (κ1) is 19.8. The van der Waals surface area contributed by atoms with Gasteiger partial charge in [0.2, 0.25) is 0 Å². The molecule has 1 N–H and O–H groups in total. The fourth-order valence-electron chi connectivity index (χ4n) is 4.19. The van der Waals surface area contributed by atoms with E-state index in [9.17, 15) is 0 Å². The molecule has 2 aliphatic heterocycles. The Morgan fingerprint density at radius 3 is 2.74 bits per heavy atom. The number of hydrogen-bond donors (Lipinski definition) is 1. The third kappa shape index (κ3) is 4.18. The minimum atomic E-state index is 0.658. The quantitative estimate of drug-likeness (QED) is 0.656. The maximum absolute atomic E-state index is 5.46. The number of morpholine rings is 1. The van der Waals surface area contributed by atoms with Gasteiger partial charge in [-0.3, -0.25) is 9.67 Å². The number of ether oxygens (including phenoxy) is 1. The van der Waals surface area contributed by atoms with Gasteiger partial charge in [0.1, 0.15) is 5.82 Å². The summed E-state index contributed by atoms with van der Waals surface area (Å²) in [6, 6.07) is 12.8. The van der Waals surface area contributed by atoms with Crippen LogP contribution in [0.1, 0.15) is 24.5 Å². The summed E-state index contributed by atoms with van der Waals surface area (Å²) in [5.74, 6) is 0.882. The average Bonchev–Trinajstić information content (AvgIpc) is 3.29. The van der Waals surface area contributed by atoms with Crippen molar-refractivity contribution >= 4 is 23.4 Å². The van der Waals surface area contributed by atoms with Gasteiger partial charge in [0.15, 0.2) is 0 Å². The summed E-state index contributed by atoms with van der Waals surface area (Å²) in [5.41, 5.74) is 6.71. The average molecular weight is 417 g/mol. The SMILES string of the molecule is CCCn1nccc1-c1cc2c(c(Nc3ccc(N4CCOCC4)cc3)n1)CN=CC2. The molecular weight excluding hydrogens is 388 g/mol. The molecule has 0 radical (unpaired) electrons. The van der Waals surface area contributed by atoms with Crippen LogP contribution in [0.2, 0.25) is 0 Å². The number of pyridine rings is 1. The van der Waals surface area contributed by atoms with Gasteiger partial charge < -0.3 is 15.0 Å². The third-order valence-electron chi connectivity index (χ3n) is 5.83. The third-order valence-corrected chi connectivity index (χ3v) is 5.83. The standard InChI is InChI=1S/C24H28N6O/c1-2-11-30-23(8-10-26-30)22-16-18-7-9-25-17-21(18)24(28-22)27-19-3-5-20(6-4-19)29-12-14-31-15-13-29/h3-6,8-10,16H,2,7,11-15,17H2,1H3,(H,27,28). The normalized spacial score (nSPS) is 15.7. The van der Waals surface area contributed by atoms with Gasteiger partial charge in [-0.05, 0) is 48.4 Å². The zero-order chi connectivity index (χ0) is 21.0. The summed E-state index contributed by atoms with van der Waals surface area (Å²) in [6.45, 7) is 7.16. The second kappa shape index (κ2) is 8.89. The Hall–Kier alpha value is -3.19. The minimum Gasteiger partial charge on any atom is -0.378 e. The van der Waals surface area contributed by atoms with Crippen LogP contribution in [-0.2, 0) is 24.2 Å². The van der Waals surface area contributed by atoms with Gasteiger partial charge in [-0.15, -0.1) is 0 Å². The van der Waals surface area contributed by atoms with Crippen molar-refractivity contribution in [2.45, 2.75) is 32.9 Å². The zero-order valence-corrected chi connectivity index (χ0v) is 17.9. The zero-order valence-electron chi connectivity index (χ0n) is 17.9. The Bertz CT molecular complexity index is 1070. The molecule has 2 aliphatic rings. The number of aromatic nitrogens is 3. The van der Waals surface area contributed by atoms with Crippen molar-refractivity contribution in [3.63, 3.8) is 0 Å². The van der Waals surface area contributed by atoms with Crippen LogP contribution in [0.4, 0.5) is 17.2 Å². The van der Waals surface area contributed by atoms with Crippen molar-refractivity contribution in [3.05, 3.63) is 53.7 Å². The van der Waals surface area contributed by atoms with E-state index in [2.05, 4.69) is 57.6 Å². The molecule has 5 rings (SSSR count). The monoisotopic (exact) mass is 416 g/mol. The van der Waals surface area contributed by atoms with Crippen LogP contribution < -0.4 is 10.2 Å². The molecule has 0 bridgehead atoms. The molecule has 1 saturated heterocycles. The van der Waals surface area contributed by atoms with E-state index in [1.807, 2.05) is 23.2 Å². The lowest BCUT2D eigenvalue weighted by Crippen LogP contribution is -2.36. The first-order valence-electron chi connectivity index (χ1n) is 11.0. The summed E-state index contributed by atoms with van der Waals surface area (Å²) in [5, 5.41) is 8.04. The molecular formula is C24H28N6O. The van der Waals surface area contributed by atoms with Gasteiger partial charge in [-0.1, -0.05) is 6.92 Å². The predicted molar refractivity (Wildman–Crippen MR) is 124 cm³/mol. The Balaban J connectivity index is 1.45. The van der Waals surface area contributed by atoms with E-state index in [1.165, 1.54) is 16.8 Å². The number of rotatable bonds is 6. The second-order valence-corrected chi connectivity index (χ2v) is 7.93. The van der Waals surface area contributed by atoms with E-state index in [0.717, 1.165) is 68.6 Å². The van der Waals surface area contributed by atoms with E-state index in [0.29, 0.717) is 6.54 Å². The number of nitrogens with zero attached hydrogens (tertiary/aromatic N) is 5. The summed E-state index contributed by atoms with van der Waals surface area (Å²) in [4.78, 5) is 11.9. The molecule has 2 aromatic heterocycles. The molecule has 3 aromatic rings. The maximum atomic E-state index is 5.46. The topological polar surface area (TPSA) is 67.6 Å². The van der Waals surface area contributed by atoms with Crippen LogP contribution in [0, 0.1) is 0 Å². The summed E-state index contributed by atoms with van der Waals surface area (Å²) >= 11 is 0. The molecule has 0 atom stereocenters. The summed E-state index contributed by atoms with van der Waals surface area (Å²) < 4.78 is 7.50. The van der Waals surface area contributed by atoms with Gasteiger partial charge in [0, 0.05) is 55.4 Å². The molecule has 1 fully saturated rings. The van der Waals surface area contributed by atoms with Crippen LogP contribution in [0.5, 0.6) is 0 Å². The van der Waals surface area contributed by atoms with E-state index >= 15 is 0 Å². The van der Waals surface area contributed by atoms with Crippen molar-refractivity contribution in [1.29, 1.82) is 0 Å². The van der Waals surface area contributed by atoms with Crippen LogP contribution in [0.3, 0.4) is 0 Å². The number of aryl methyl sites for hydroxylation is 1. The molecule has 0 aliphatic carbocycles. The second-order valence-electron chi connectivity index (χ2n) is 7.93. The largest absolute Gasteiger partial charge is 0.378 e. The highest BCUT2D eigenvalue weighted by Gasteiger charge is 2.18. The van der Waals surface area contributed by atoms with Crippen molar-refractivity contribution < 1.29 is 4.74 Å². The van der Waals surface area contributed by atoms with Crippen molar-refractivity contribution in [2.75, 3.05) is 36.5 Å². The fourth-order valence-corrected chi connectivity index (χ4v) is 4.19. The Morgan fingerprint density at radius 1 is 1.10 bits per heavy atom. The Kier molecular flexibility index (Phi) is 5.67. The number of aliphatic imine (C=N–C) groups is 1. The van der Waals surface area contributed by atoms with Gasteiger partial charge in [0.25, 0.3) is 0 Å². The number of anilines is 3. The Morgan fingerprint density at radius 2 is 1.94 bits per heavy atom. The van der Waals surface area contributed by atoms with Crippen molar-refractivity contribution in [1.82, 2.24) is 14.8 Å². The number of fused-ring (bicyclic) bond motifs is 1. The van der Waals surface area contributed by atoms with E-state index in [4.69, 9.17) is 9.72 Å². The molecule has 0 unspecified atom stereocenters. The lowest BCUT2D eigenvalue weighted by atomic mass is 10.0. The first-order chi connectivity index (χ1) is 15.3. The van der Waals surface area contributed by atoms with Gasteiger partial charge in [-0.25, -0.2) is 4.98 Å². The molecule has 0 saturated carbocycles. The molecule has 7 heteroatoms. The van der Waals surface area contributed by atoms with E-state index in [1.54, 1.807) is 0 Å². The highest BCUT2D eigenvalue weighted by Crippen LogP contribution is 2.30. The molecule has 0 spiro atoms. The predicted octanol–water partition coefficient (Wildman–Crippen LogP) is 4.06. The van der Waals surface area contributed by atoms with Crippen molar-refractivity contribution in [3.8, 4) is 11.4 Å². The molecule has 7 nitrogen and oxygen atoms in total. The summed E-state index contributed by atoms with van der Waals surface area (Å²) in [7, 11) is 0. The van der Waals surface area contributed by atoms with Gasteiger partial charge >= 0.3 is 0 Å². The molecule has 0 amide bonds. The van der Waals surface area contributed by atoms with Crippen LogP contribution >= 0.6 is 0 Å². The smallest absolute Gasteiger partial charge is 0.136 e. The molecule has 4 heterocycles. The highest BCUT2D eigenvalue weighted by atomic mass is 16.5. The van der Waals surface area contributed by atoms with Crippen molar-refractivity contribution in [2.24, 2.45) is 4.99 Å². The van der Waals surface area contributed by atoms with E-state index in [-0.39, 0.29) is 0 Å². The summed E-state index contributed by atoms with van der Waals surface area (Å²) in [6.07, 6.45) is 5.71. The lowest BCUT2D eigenvalue weighted by Gasteiger charge is -2.29. The van der Waals surface area contributed by atoms with Crippen LogP contribution in [0.15, 0.2) is 47.6 Å². The van der Waals surface area contributed by atoms with E-state index < -0.39 is 0 Å². The van der Waals surface area contributed by atoms with Gasteiger partial charge in [-0.2, -0.15) is 5.10 Å². The number of benzene rings is 1. The first-order valence-corrected chi connectivity index (χ1v) is 11.0. The van der Waals surface area contributed by atoms with Gasteiger partial charge in [0.05, 0.1) is 31.1 Å². The van der Waals surface area contributed by atoms with Crippen LogP contribution in [-0.4, -0.2) is 47.3 Å². The Labute approximate surface area is 182 Å². The van der Waals surface area contributed by atoms with Crippen LogP contribution in [0.25, 0.3) is 11.4 Å². The maximum Gasteiger partial charge on any atom is 0.136 e.